The number of para-hydroxylation sites is 1. The van der Waals surface area contributed by atoms with Gasteiger partial charge in [0.05, 0.1) is 24.3 Å². The highest BCUT2D eigenvalue weighted by molar-refractivity contribution is 6.04. The van der Waals surface area contributed by atoms with Gasteiger partial charge in [0.25, 0.3) is 5.91 Å². The van der Waals surface area contributed by atoms with Crippen molar-refractivity contribution in [3.8, 4) is 0 Å². The lowest BCUT2D eigenvalue weighted by Gasteiger charge is -2.18. The van der Waals surface area contributed by atoms with Gasteiger partial charge in [-0.25, -0.2) is 0 Å². The van der Waals surface area contributed by atoms with Crippen molar-refractivity contribution in [1.82, 2.24) is 10.2 Å². The smallest absolute Gasteiger partial charge is 0.253 e. The summed E-state index contributed by atoms with van der Waals surface area (Å²) >= 11 is 0. The number of hydrogen-bond acceptors (Lipinski definition) is 4. The van der Waals surface area contributed by atoms with Crippen molar-refractivity contribution >= 4 is 29.1 Å². The zero-order valence-electron chi connectivity index (χ0n) is 18.1. The number of nitrogens with one attached hydrogen (secondary N) is 3. The van der Waals surface area contributed by atoms with Gasteiger partial charge in [-0.15, -0.1) is 0 Å². The van der Waals surface area contributed by atoms with E-state index in [9.17, 15) is 14.4 Å². The molecule has 0 aliphatic heterocycles. The fourth-order valence-electron chi connectivity index (χ4n) is 3.70. The predicted octanol–water partition coefficient (Wildman–Crippen LogP) is 3.18. The van der Waals surface area contributed by atoms with Crippen molar-refractivity contribution in [2.24, 2.45) is 0 Å². The van der Waals surface area contributed by atoms with E-state index in [0.717, 1.165) is 36.9 Å². The molecule has 0 heterocycles. The number of aryl methyl sites for hydroxylation is 1. The van der Waals surface area contributed by atoms with Crippen LogP contribution in [-0.2, 0) is 9.59 Å². The molecular formula is C24H30N4O3. The number of benzene rings is 2. The largest absolute Gasteiger partial charge is 0.349 e. The SMILES string of the molecule is Cc1ccc(NC(=O)CN(C)CC(=O)Nc2ccccc2C(=O)NC2CCCC2)cc1. The Kier molecular flexibility index (Phi) is 7.78. The van der Waals surface area contributed by atoms with Gasteiger partial charge in [0.2, 0.25) is 11.8 Å². The Hall–Kier alpha value is -3.19. The number of amides is 3. The van der Waals surface area contributed by atoms with Crippen LogP contribution in [-0.4, -0.2) is 48.8 Å². The average molecular weight is 423 g/mol. The Morgan fingerprint density at radius 1 is 0.903 bits per heavy atom. The van der Waals surface area contributed by atoms with Crippen LogP contribution in [0, 0.1) is 6.92 Å². The van der Waals surface area contributed by atoms with Crippen molar-refractivity contribution < 1.29 is 14.4 Å². The van der Waals surface area contributed by atoms with Gasteiger partial charge >= 0.3 is 0 Å². The van der Waals surface area contributed by atoms with E-state index in [1.165, 1.54) is 0 Å². The van der Waals surface area contributed by atoms with Crippen LogP contribution in [0.2, 0.25) is 0 Å². The molecule has 1 fully saturated rings. The van der Waals surface area contributed by atoms with Crippen molar-refractivity contribution in [2.45, 2.75) is 38.6 Å². The fourth-order valence-corrected chi connectivity index (χ4v) is 3.70. The molecule has 7 heteroatoms. The lowest BCUT2D eigenvalue weighted by Crippen LogP contribution is -2.37. The third kappa shape index (κ3) is 6.93. The minimum atomic E-state index is -0.285. The molecule has 1 aliphatic carbocycles. The summed E-state index contributed by atoms with van der Waals surface area (Å²) in [6.45, 7) is 2.08. The van der Waals surface area contributed by atoms with Crippen molar-refractivity contribution in [3.05, 3.63) is 59.7 Å². The third-order valence-electron chi connectivity index (χ3n) is 5.30. The minimum absolute atomic E-state index is 0.0277. The van der Waals surface area contributed by atoms with Gasteiger partial charge in [-0.2, -0.15) is 0 Å². The van der Waals surface area contributed by atoms with E-state index >= 15 is 0 Å². The standard InChI is InChI=1S/C24H30N4O3/c1-17-11-13-19(14-12-17)25-22(29)15-28(2)16-23(30)27-21-10-6-5-9-20(21)24(31)26-18-7-3-4-8-18/h5-6,9-14,18H,3-4,7-8,15-16H2,1-2H3,(H,25,29)(H,26,31)(H,27,30). The number of likely N-dealkylation sites (N-methyl/N-ethyl adjacent to an activating group) is 1. The first-order chi connectivity index (χ1) is 14.9. The highest BCUT2D eigenvalue weighted by Gasteiger charge is 2.20. The molecule has 0 saturated heterocycles. The molecule has 3 N–H and O–H groups in total. The van der Waals surface area contributed by atoms with E-state index in [1.54, 1.807) is 36.2 Å². The van der Waals surface area contributed by atoms with Crippen LogP contribution < -0.4 is 16.0 Å². The Morgan fingerprint density at radius 3 is 2.19 bits per heavy atom. The molecule has 2 aromatic rings. The highest BCUT2D eigenvalue weighted by Crippen LogP contribution is 2.20. The first-order valence-electron chi connectivity index (χ1n) is 10.7. The minimum Gasteiger partial charge on any atom is -0.349 e. The molecule has 0 unspecified atom stereocenters. The third-order valence-corrected chi connectivity index (χ3v) is 5.30. The molecule has 0 atom stereocenters. The summed E-state index contributed by atoms with van der Waals surface area (Å²) in [6, 6.07) is 14.7. The summed E-state index contributed by atoms with van der Waals surface area (Å²) in [7, 11) is 1.70. The Bertz CT molecular complexity index is 921. The molecular weight excluding hydrogens is 392 g/mol. The van der Waals surface area contributed by atoms with E-state index in [4.69, 9.17) is 0 Å². The van der Waals surface area contributed by atoms with Crippen LogP contribution in [0.15, 0.2) is 48.5 Å². The summed E-state index contributed by atoms with van der Waals surface area (Å²) in [5.41, 5.74) is 2.75. The summed E-state index contributed by atoms with van der Waals surface area (Å²) in [5, 5.41) is 8.67. The zero-order chi connectivity index (χ0) is 22.2. The Morgan fingerprint density at radius 2 is 1.52 bits per heavy atom. The van der Waals surface area contributed by atoms with Crippen molar-refractivity contribution in [3.63, 3.8) is 0 Å². The summed E-state index contributed by atoms with van der Waals surface area (Å²) < 4.78 is 0. The number of nitrogens with zero attached hydrogens (tertiary/aromatic N) is 1. The summed E-state index contributed by atoms with van der Waals surface area (Å²) in [5.74, 6) is -0.657. The van der Waals surface area contributed by atoms with E-state index < -0.39 is 0 Å². The van der Waals surface area contributed by atoms with Gasteiger partial charge in [0.15, 0.2) is 0 Å². The number of hydrogen-bond donors (Lipinski definition) is 3. The molecule has 1 aliphatic rings. The number of anilines is 2. The normalized spacial score (nSPS) is 13.8. The molecule has 0 spiro atoms. The maximum atomic E-state index is 12.6. The fraction of sp³-hybridized carbons (Fsp3) is 0.375. The zero-order valence-corrected chi connectivity index (χ0v) is 18.1. The number of carbonyl (C=O) groups excluding carboxylic acids is 3. The van der Waals surface area contributed by atoms with Crippen LogP contribution in [0.3, 0.4) is 0 Å². The molecule has 164 valence electrons. The monoisotopic (exact) mass is 422 g/mol. The molecule has 2 aromatic carbocycles. The van der Waals surface area contributed by atoms with Crippen LogP contribution in [0.4, 0.5) is 11.4 Å². The molecule has 3 amide bonds. The van der Waals surface area contributed by atoms with Crippen LogP contribution in [0.1, 0.15) is 41.6 Å². The first kappa shape index (κ1) is 22.5. The lowest BCUT2D eigenvalue weighted by atomic mass is 10.1. The van der Waals surface area contributed by atoms with Crippen LogP contribution in [0.25, 0.3) is 0 Å². The molecule has 1 saturated carbocycles. The van der Waals surface area contributed by atoms with Crippen molar-refractivity contribution in [1.29, 1.82) is 0 Å². The predicted molar refractivity (Wildman–Crippen MR) is 122 cm³/mol. The summed E-state index contributed by atoms with van der Waals surface area (Å²) in [4.78, 5) is 39.0. The van der Waals surface area contributed by atoms with Gasteiger partial charge in [-0.1, -0.05) is 42.7 Å². The second kappa shape index (κ2) is 10.7. The Labute approximate surface area is 183 Å². The van der Waals surface area contributed by atoms with Crippen molar-refractivity contribution in [2.75, 3.05) is 30.8 Å². The quantitative estimate of drug-likeness (QED) is 0.609. The maximum absolute atomic E-state index is 12.6. The molecule has 31 heavy (non-hydrogen) atoms. The molecule has 3 rings (SSSR count). The average Bonchev–Trinajstić information content (AvgIpc) is 3.22. The van der Waals surface area contributed by atoms with Gasteiger partial charge in [-0.3, -0.25) is 19.3 Å². The Balaban J connectivity index is 1.51. The van der Waals surface area contributed by atoms with Gasteiger partial charge in [0.1, 0.15) is 0 Å². The molecule has 7 nitrogen and oxygen atoms in total. The topological polar surface area (TPSA) is 90.5 Å². The second-order valence-corrected chi connectivity index (χ2v) is 8.14. The lowest BCUT2D eigenvalue weighted by molar-refractivity contribution is -0.119. The van der Waals surface area contributed by atoms with E-state index in [0.29, 0.717) is 11.3 Å². The maximum Gasteiger partial charge on any atom is 0.253 e. The second-order valence-electron chi connectivity index (χ2n) is 8.14. The molecule has 0 aromatic heterocycles. The highest BCUT2D eigenvalue weighted by atomic mass is 16.2. The summed E-state index contributed by atoms with van der Waals surface area (Å²) in [6.07, 6.45) is 4.26. The van der Waals surface area contributed by atoms with E-state index in [2.05, 4.69) is 16.0 Å². The van der Waals surface area contributed by atoms with Crippen LogP contribution >= 0.6 is 0 Å². The van der Waals surface area contributed by atoms with Gasteiger partial charge in [0, 0.05) is 11.7 Å². The van der Waals surface area contributed by atoms with Crippen LogP contribution in [0.5, 0.6) is 0 Å². The molecule has 0 bridgehead atoms. The van der Waals surface area contributed by atoms with Gasteiger partial charge < -0.3 is 16.0 Å². The number of carbonyl (C=O) groups is 3. The van der Waals surface area contributed by atoms with Gasteiger partial charge in [-0.05, 0) is 51.1 Å². The van der Waals surface area contributed by atoms with E-state index in [1.807, 2.05) is 31.2 Å². The first-order valence-corrected chi connectivity index (χ1v) is 10.7. The molecule has 0 radical (unpaired) electrons. The van der Waals surface area contributed by atoms with E-state index in [-0.39, 0.29) is 36.9 Å². The number of rotatable bonds is 8.